The molecular weight excluding hydrogens is 959 g/mol. The fourth-order valence-electron chi connectivity index (χ4n) is 14.6. The number of aromatic nitrogens is 3. The summed E-state index contributed by atoms with van der Waals surface area (Å²) < 4.78 is 7.55. The van der Waals surface area contributed by atoms with Gasteiger partial charge in [0.2, 0.25) is 0 Å². The molecule has 0 aliphatic rings. The number of nitrogens with zero attached hydrogens (tertiary/aromatic N) is 5. The van der Waals surface area contributed by atoms with Crippen LogP contribution in [0.4, 0.5) is 34.1 Å². The van der Waals surface area contributed by atoms with Gasteiger partial charge in [-0.3, -0.25) is 0 Å². The quantitative estimate of drug-likeness (QED) is 0.165. The number of para-hydroxylation sites is 7. The van der Waals surface area contributed by atoms with Gasteiger partial charge in [-0.25, -0.2) is 0 Å². The standard InChI is InChI=1S/C74H43N5/c1-3-22-46(23-4-1)75(48-40-58-52-28-11-15-34-62(52)77-63-35-16-12-29-53(63)59(41-48)71(58)77)73-50-26-9-7-20-44(50)38-66-68(73)56-32-19-33-57-69-67(79(66)70(56)57)39-45-21-8-10-27-51(45)74(69)76(47-24-5-2-6-25-47)49-42-60-54-30-13-17-36-64(54)78-65-37-18-14-31-55(65)61(43-49)72(60)78/h1-43H. The fraction of sp³-hybridized carbons (Fsp3) is 0. The van der Waals surface area contributed by atoms with E-state index in [0.717, 1.165) is 22.7 Å². The van der Waals surface area contributed by atoms with Crippen LogP contribution in [0.25, 0.3) is 136 Å². The second-order valence-corrected chi connectivity index (χ2v) is 21.6. The molecule has 79 heavy (non-hydrogen) atoms. The third-order valence-electron chi connectivity index (χ3n) is 17.7. The summed E-state index contributed by atoms with van der Waals surface area (Å²) in [6.45, 7) is 0. The lowest BCUT2D eigenvalue weighted by atomic mass is 9.97. The normalized spacial score (nSPS) is 12.6. The van der Waals surface area contributed by atoms with E-state index >= 15 is 0 Å². The van der Waals surface area contributed by atoms with Crippen LogP contribution in [0.3, 0.4) is 0 Å². The first-order chi connectivity index (χ1) is 39.2. The first-order valence-electron chi connectivity index (χ1n) is 27.3. The predicted molar refractivity (Wildman–Crippen MR) is 335 cm³/mol. The van der Waals surface area contributed by atoms with Crippen molar-refractivity contribution in [2.24, 2.45) is 0 Å². The molecule has 6 aromatic heterocycles. The Balaban J connectivity index is 0.954. The van der Waals surface area contributed by atoms with E-state index < -0.39 is 0 Å². The third kappa shape index (κ3) is 5.29. The highest BCUT2D eigenvalue weighted by Gasteiger charge is 2.31. The number of hydrogen-bond acceptors (Lipinski definition) is 2. The minimum Gasteiger partial charge on any atom is -0.309 e. The average Bonchev–Trinajstić information content (AvgIpc) is 4.09. The van der Waals surface area contributed by atoms with E-state index in [0.29, 0.717) is 0 Å². The highest BCUT2D eigenvalue weighted by Crippen LogP contribution is 2.55. The second kappa shape index (κ2) is 15.1. The van der Waals surface area contributed by atoms with Gasteiger partial charge < -0.3 is 23.0 Å². The summed E-state index contributed by atoms with van der Waals surface area (Å²) in [5.74, 6) is 0. The van der Waals surface area contributed by atoms with Crippen LogP contribution in [-0.2, 0) is 0 Å². The van der Waals surface area contributed by atoms with E-state index in [9.17, 15) is 0 Å². The molecule has 5 heteroatoms. The summed E-state index contributed by atoms with van der Waals surface area (Å²) in [6, 6.07) is 97.5. The minimum absolute atomic E-state index is 1.11. The molecule has 13 aromatic carbocycles. The van der Waals surface area contributed by atoms with Crippen molar-refractivity contribution in [1.82, 2.24) is 13.2 Å². The lowest BCUT2D eigenvalue weighted by Gasteiger charge is -2.29. The van der Waals surface area contributed by atoms with E-state index in [1.54, 1.807) is 0 Å². The van der Waals surface area contributed by atoms with Gasteiger partial charge >= 0.3 is 0 Å². The van der Waals surface area contributed by atoms with Gasteiger partial charge in [0.25, 0.3) is 0 Å². The largest absolute Gasteiger partial charge is 0.309 e. The van der Waals surface area contributed by atoms with Gasteiger partial charge in [0.1, 0.15) is 0 Å². The van der Waals surface area contributed by atoms with Crippen molar-refractivity contribution in [1.29, 1.82) is 0 Å². The average molecular weight is 1000 g/mol. The molecule has 0 aliphatic heterocycles. The zero-order valence-electron chi connectivity index (χ0n) is 42.6. The highest BCUT2D eigenvalue weighted by molar-refractivity contribution is 6.34. The van der Waals surface area contributed by atoms with E-state index in [-0.39, 0.29) is 0 Å². The zero-order chi connectivity index (χ0) is 51.2. The SMILES string of the molecule is c1ccc(N(c2cc3c4ccccc4n4c5ccccc5c(c2)c34)c2c3ccccc3cc3c2c2cccc4c5c(N(c6ccccc6)c6cc7c8ccccc8n8c9ccccc9c(c6)c78)c6ccccc6cc5n3c24)cc1. The number of hydrogen-bond donors (Lipinski definition) is 0. The molecule has 0 unspecified atom stereocenters. The fourth-order valence-corrected chi connectivity index (χ4v) is 14.6. The van der Waals surface area contributed by atoms with Gasteiger partial charge in [0.05, 0.1) is 61.0 Å². The molecule has 364 valence electrons. The lowest BCUT2D eigenvalue weighted by Crippen LogP contribution is -2.11. The zero-order valence-corrected chi connectivity index (χ0v) is 42.6. The molecule has 0 atom stereocenters. The summed E-state index contributed by atoms with van der Waals surface area (Å²) in [5, 5.41) is 19.7. The molecule has 0 N–H and O–H groups in total. The van der Waals surface area contributed by atoms with Crippen LogP contribution in [0, 0.1) is 0 Å². The molecule has 0 saturated carbocycles. The summed E-state index contributed by atoms with van der Waals surface area (Å²) in [5.41, 5.74) is 17.8. The van der Waals surface area contributed by atoms with E-state index in [1.165, 1.54) is 147 Å². The molecule has 0 aliphatic carbocycles. The van der Waals surface area contributed by atoms with Crippen molar-refractivity contribution in [2.75, 3.05) is 9.80 Å². The minimum atomic E-state index is 1.11. The first-order valence-corrected chi connectivity index (χ1v) is 27.3. The summed E-state index contributed by atoms with van der Waals surface area (Å²) in [6.07, 6.45) is 0. The Morgan fingerprint density at radius 2 is 0.494 bits per heavy atom. The maximum Gasteiger partial charge on any atom is 0.0640 e. The smallest absolute Gasteiger partial charge is 0.0640 e. The van der Waals surface area contributed by atoms with E-state index in [2.05, 4.69) is 284 Å². The first kappa shape index (κ1) is 41.6. The Hall–Kier alpha value is -10.6. The molecular formula is C74H43N5. The Kier molecular flexibility index (Phi) is 7.93. The van der Waals surface area contributed by atoms with Gasteiger partial charge in [0, 0.05) is 98.2 Å². The second-order valence-electron chi connectivity index (χ2n) is 21.6. The summed E-state index contributed by atoms with van der Waals surface area (Å²) in [7, 11) is 0. The van der Waals surface area contributed by atoms with Crippen LogP contribution in [0.1, 0.15) is 0 Å². The summed E-state index contributed by atoms with van der Waals surface area (Å²) in [4.78, 5) is 5.12. The Morgan fingerprint density at radius 3 is 0.873 bits per heavy atom. The number of rotatable bonds is 6. The molecule has 0 fully saturated rings. The number of fused-ring (bicyclic) bond motifs is 20. The van der Waals surface area contributed by atoms with Crippen molar-refractivity contribution in [3.8, 4) is 0 Å². The Bertz CT molecular complexity index is 5230. The van der Waals surface area contributed by atoms with Crippen LogP contribution in [0.5, 0.6) is 0 Å². The molecule has 6 heterocycles. The van der Waals surface area contributed by atoms with Crippen LogP contribution < -0.4 is 9.80 Å². The van der Waals surface area contributed by atoms with Crippen molar-refractivity contribution < 1.29 is 0 Å². The highest BCUT2D eigenvalue weighted by atomic mass is 15.2. The molecule has 0 bridgehead atoms. The predicted octanol–water partition coefficient (Wildman–Crippen LogP) is 20.4. The van der Waals surface area contributed by atoms with Gasteiger partial charge in [-0.15, -0.1) is 0 Å². The monoisotopic (exact) mass is 1000 g/mol. The van der Waals surface area contributed by atoms with E-state index in [4.69, 9.17) is 0 Å². The van der Waals surface area contributed by atoms with Crippen molar-refractivity contribution in [3.05, 3.63) is 261 Å². The molecule has 19 aromatic rings. The van der Waals surface area contributed by atoms with Crippen LogP contribution in [0.2, 0.25) is 0 Å². The van der Waals surface area contributed by atoms with Crippen LogP contribution in [0.15, 0.2) is 261 Å². The van der Waals surface area contributed by atoms with Crippen molar-refractivity contribution in [3.63, 3.8) is 0 Å². The molecule has 0 spiro atoms. The molecule has 0 radical (unpaired) electrons. The van der Waals surface area contributed by atoms with Crippen molar-refractivity contribution in [2.45, 2.75) is 0 Å². The van der Waals surface area contributed by atoms with Gasteiger partial charge in [-0.05, 0) is 95.7 Å². The van der Waals surface area contributed by atoms with Gasteiger partial charge in [-0.1, -0.05) is 176 Å². The topological polar surface area (TPSA) is 19.7 Å². The van der Waals surface area contributed by atoms with Crippen molar-refractivity contribution >= 4 is 170 Å². The molecule has 5 nitrogen and oxygen atoms in total. The number of benzene rings is 13. The van der Waals surface area contributed by atoms with Gasteiger partial charge in [0.15, 0.2) is 0 Å². The molecule has 0 saturated heterocycles. The number of anilines is 6. The molecule has 19 rings (SSSR count). The van der Waals surface area contributed by atoms with Crippen LogP contribution in [-0.4, -0.2) is 13.2 Å². The van der Waals surface area contributed by atoms with E-state index in [1.807, 2.05) is 0 Å². The maximum absolute atomic E-state index is 2.60. The maximum atomic E-state index is 2.60. The van der Waals surface area contributed by atoms with Gasteiger partial charge in [-0.2, -0.15) is 0 Å². The lowest BCUT2D eigenvalue weighted by molar-refractivity contribution is 1.31. The Morgan fingerprint density at radius 1 is 0.203 bits per heavy atom. The molecule has 0 amide bonds. The summed E-state index contributed by atoms with van der Waals surface area (Å²) >= 11 is 0. The van der Waals surface area contributed by atoms with Crippen LogP contribution >= 0.6 is 0 Å². The third-order valence-corrected chi connectivity index (χ3v) is 17.7. The Labute approximate surface area is 451 Å².